The maximum absolute atomic E-state index is 12.3. The molecule has 1 amide bonds. The van der Waals surface area contributed by atoms with Crippen molar-refractivity contribution in [2.24, 2.45) is 0 Å². The van der Waals surface area contributed by atoms with Crippen LogP contribution in [0.25, 0.3) is 11.0 Å². The van der Waals surface area contributed by atoms with Gasteiger partial charge in [-0.3, -0.25) is 4.79 Å². The van der Waals surface area contributed by atoms with Crippen LogP contribution in [0.15, 0.2) is 72.8 Å². The zero-order chi connectivity index (χ0) is 23.8. The van der Waals surface area contributed by atoms with Crippen LogP contribution in [0.2, 0.25) is 0 Å². The van der Waals surface area contributed by atoms with Gasteiger partial charge in [0.2, 0.25) is 5.91 Å². The summed E-state index contributed by atoms with van der Waals surface area (Å²) in [6, 6.07) is 24.4. The minimum Gasteiger partial charge on any atom is -0.494 e. The van der Waals surface area contributed by atoms with Crippen molar-refractivity contribution < 1.29 is 9.53 Å². The number of aromatic nitrogens is 2. The number of rotatable bonds is 11. The van der Waals surface area contributed by atoms with E-state index in [0.29, 0.717) is 26.0 Å². The van der Waals surface area contributed by atoms with Crippen LogP contribution in [-0.4, -0.2) is 28.6 Å². The smallest absolute Gasteiger partial charge is 0.224 e. The highest BCUT2D eigenvalue weighted by Crippen LogP contribution is 2.19. The first kappa shape index (κ1) is 23.6. The molecule has 34 heavy (non-hydrogen) atoms. The number of unbranched alkanes of at least 4 members (excludes halogenated alkanes) is 1. The van der Waals surface area contributed by atoms with Crippen molar-refractivity contribution in [3.05, 3.63) is 95.3 Å². The molecule has 0 aliphatic heterocycles. The van der Waals surface area contributed by atoms with Crippen LogP contribution in [0.1, 0.15) is 35.4 Å². The van der Waals surface area contributed by atoms with Gasteiger partial charge < -0.3 is 14.6 Å². The molecule has 1 heterocycles. The Morgan fingerprint density at radius 2 is 1.68 bits per heavy atom. The van der Waals surface area contributed by atoms with Gasteiger partial charge in [-0.25, -0.2) is 4.98 Å². The van der Waals surface area contributed by atoms with Crippen LogP contribution in [-0.2, 0) is 24.2 Å². The van der Waals surface area contributed by atoms with Crippen LogP contribution >= 0.6 is 0 Å². The summed E-state index contributed by atoms with van der Waals surface area (Å²) in [6.45, 7) is 6.33. The second-order valence-electron chi connectivity index (χ2n) is 8.81. The second kappa shape index (κ2) is 11.5. The lowest BCUT2D eigenvalue weighted by Gasteiger charge is -2.11. The molecule has 0 aliphatic rings. The maximum Gasteiger partial charge on any atom is 0.224 e. The fraction of sp³-hybridized carbons (Fsp3) is 0.310. The first-order chi connectivity index (χ1) is 16.6. The number of carbonyl (C=O) groups excluding carboxylic acids is 1. The number of amides is 1. The summed E-state index contributed by atoms with van der Waals surface area (Å²) in [5, 5.41) is 3.04. The predicted octanol–water partition coefficient (Wildman–Crippen LogP) is 5.41. The average Bonchev–Trinajstić information content (AvgIpc) is 3.16. The summed E-state index contributed by atoms with van der Waals surface area (Å²) in [4.78, 5) is 17.2. The van der Waals surface area contributed by atoms with E-state index in [1.165, 1.54) is 11.1 Å². The Balaban J connectivity index is 1.30. The normalized spacial score (nSPS) is 11.0. The SMILES string of the molecule is Cc1cc(C)cc(OCCCCn2c(CCNC(=O)Cc3ccccc3)nc3ccccc32)c1. The van der Waals surface area contributed by atoms with Crippen molar-refractivity contribution in [3.8, 4) is 5.75 Å². The summed E-state index contributed by atoms with van der Waals surface area (Å²) in [7, 11) is 0. The van der Waals surface area contributed by atoms with E-state index in [1.54, 1.807) is 0 Å². The number of benzene rings is 3. The number of hydrogen-bond acceptors (Lipinski definition) is 3. The number of ether oxygens (including phenoxy) is 1. The third kappa shape index (κ3) is 6.47. The molecule has 4 rings (SSSR count). The molecule has 0 spiro atoms. The molecule has 5 heteroatoms. The highest BCUT2D eigenvalue weighted by Gasteiger charge is 2.11. The molecule has 0 bridgehead atoms. The lowest BCUT2D eigenvalue weighted by atomic mass is 10.1. The fourth-order valence-electron chi connectivity index (χ4n) is 4.30. The molecule has 3 aromatic carbocycles. The van der Waals surface area contributed by atoms with E-state index in [2.05, 4.69) is 54.1 Å². The Hall–Kier alpha value is -3.60. The number of nitrogens with one attached hydrogen (secondary N) is 1. The van der Waals surface area contributed by atoms with Gasteiger partial charge in [-0.1, -0.05) is 48.5 Å². The van der Waals surface area contributed by atoms with Crippen LogP contribution in [0.4, 0.5) is 0 Å². The lowest BCUT2D eigenvalue weighted by molar-refractivity contribution is -0.120. The largest absolute Gasteiger partial charge is 0.494 e. The molecule has 0 aliphatic carbocycles. The summed E-state index contributed by atoms with van der Waals surface area (Å²) in [6.07, 6.45) is 3.07. The van der Waals surface area contributed by atoms with Gasteiger partial charge in [0.25, 0.3) is 0 Å². The third-order valence-electron chi connectivity index (χ3n) is 5.85. The monoisotopic (exact) mass is 455 g/mol. The van der Waals surface area contributed by atoms with E-state index in [1.807, 2.05) is 42.5 Å². The summed E-state index contributed by atoms with van der Waals surface area (Å²) in [5.41, 5.74) is 5.61. The first-order valence-corrected chi connectivity index (χ1v) is 12.0. The van der Waals surface area contributed by atoms with Gasteiger partial charge in [0.1, 0.15) is 11.6 Å². The van der Waals surface area contributed by atoms with Crippen LogP contribution < -0.4 is 10.1 Å². The maximum atomic E-state index is 12.3. The van der Waals surface area contributed by atoms with Crippen molar-refractivity contribution >= 4 is 16.9 Å². The van der Waals surface area contributed by atoms with Gasteiger partial charge in [0.05, 0.1) is 24.1 Å². The zero-order valence-electron chi connectivity index (χ0n) is 20.1. The first-order valence-electron chi connectivity index (χ1n) is 12.0. The minimum absolute atomic E-state index is 0.0393. The van der Waals surface area contributed by atoms with Crippen LogP contribution in [0, 0.1) is 13.8 Å². The number of fused-ring (bicyclic) bond motifs is 1. The molecule has 4 aromatic rings. The van der Waals surface area contributed by atoms with Gasteiger partial charge in [-0.05, 0) is 67.6 Å². The highest BCUT2D eigenvalue weighted by molar-refractivity contribution is 5.78. The van der Waals surface area contributed by atoms with Gasteiger partial charge in [0.15, 0.2) is 0 Å². The number of carbonyl (C=O) groups is 1. The molecular formula is C29H33N3O2. The molecule has 0 saturated carbocycles. The quantitative estimate of drug-likeness (QED) is 0.308. The van der Waals surface area contributed by atoms with Gasteiger partial charge in [0, 0.05) is 19.5 Å². The summed E-state index contributed by atoms with van der Waals surface area (Å²) in [5.74, 6) is 1.99. The molecule has 0 fully saturated rings. The number of para-hydroxylation sites is 2. The lowest BCUT2D eigenvalue weighted by Crippen LogP contribution is -2.28. The highest BCUT2D eigenvalue weighted by atomic mass is 16.5. The van der Waals surface area contributed by atoms with E-state index in [4.69, 9.17) is 9.72 Å². The molecule has 176 valence electrons. The van der Waals surface area contributed by atoms with Crippen LogP contribution in [0.3, 0.4) is 0 Å². The predicted molar refractivity (Wildman–Crippen MR) is 137 cm³/mol. The standard InChI is InChI=1S/C29H33N3O2/c1-22-18-23(2)20-25(19-22)34-17-9-8-16-32-27-13-7-6-12-26(27)31-28(32)14-15-30-29(33)21-24-10-4-3-5-11-24/h3-7,10-13,18-20H,8-9,14-17,21H2,1-2H3,(H,30,33). The molecule has 5 nitrogen and oxygen atoms in total. The molecule has 0 radical (unpaired) electrons. The Morgan fingerprint density at radius 3 is 2.47 bits per heavy atom. The molecule has 0 unspecified atom stereocenters. The Kier molecular flexibility index (Phi) is 7.97. The summed E-state index contributed by atoms with van der Waals surface area (Å²) >= 11 is 0. The zero-order valence-corrected chi connectivity index (χ0v) is 20.1. The molecule has 0 atom stereocenters. The summed E-state index contributed by atoms with van der Waals surface area (Å²) < 4.78 is 8.26. The molecule has 1 N–H and O–H groups in total. The topological polar surface area (TPSA) is 56.1 Å². The fourth-order valence-corrected chi connectivity index (χ4v) is 4.30. The van der Waals surface area contributed by atoms with E-state index in [0.717, 1.165) is 47.6 Å². The van der Waals surface area contributed by atoms with Crippen molar-refractivity contribution in [2.45, 2.75) is 46.1 Å². The van der Waals surface area contributed by atoms with E-state index >= 15 is 0 Å². The Labute approximate surface area is 201 Å². The molecular weight excluding hydrogens is 422 g/mol. The van der Waals surface area contributed by atoms with Gasteiger partial charge >= 0.3 is 0 Å². The van der Waals surface area contributed by atoms with E-state index in [9.17, 15) is 4.79 Å². The average molecular weight is 456 g/mol. The van der Waals surface area contributed by atoms with Gasteiger partial charge in [-0.15, -0.1) is 0 Å². The second-order valence-corrected chi connectivity index (χ2v) is 8.81. The number of imidazole rings is 1. The van der Waals surface area contributed by atoms with E-state index < -0.39 is 0 Å². The van der Waals surface area contributed by atoms with Crippen molar-refractivity contribution in [3.63, 3.8) is 0 Å². The number of hydrogen-bond donors (Lipinski definition) is 1. The molecule has 0 saturated heterocycles. The van der Waals surface area contributed by atoms with Crippen molar-refractivity contribution in [1.82, 2.24) is 14.9 Å². The van der Waals surface area contributed by atoms with E-state index in [-0.39, 0.29) is 5.91 Å². The van der Waals surface area contributed by atoms with Crippen LogP contribution in [0.5, 0.6) is 5.75 Å². The van der Waals surface area contributed by atoms with Crippen molar-refractivity contribution in [2.75, 3.05) is 13.2 Å². The third-order valence-corrected chi connectivity index (χ3v) is 5.85. The molecule has 1 aromatic heterocycles. The van der Waals surface area contributed by atoms with Crippen molar-refractivity contribution in [1.29, 1.82) is 0 Å². The van der Waals surface area contributed by atoms with Gasteiger partial charge in [-0.2, -0.15) is 0 Å². The number of aryl methyl sites for hydroxylation is 3. The number of nitrogens with zero attached hydrogens (tertiary/aromatic N) is 2. The minimum atomic E-state index is 0.0393. The Morgan fingerprint density at radius 1 is 0.941 bits per heavy atom. The Bertz CT molecular complexity index is 1210.